The maximum atomic E-state index is 12.4. The molecule has 4 nitrogen and oxygen atoms in total. The second-order valence-corrected chi connectivity index (χ2v) is 9.26. The van der Waals surface area contributed by atoms with Gasteiger partial charge in [0.2, 0.25) is 5.91 Å². The normalized spacial score (nSPS) is 16.5. The zero-order valence-electron chi connectivity index (χ0n) is 19.3. The van der Waals surface area contributed by atoms with Gasteiger partial charge in [-0.3, -0.25) is 4.79 Å². The van der Waals surface area contributed by atoms with Crippen molar-refractivity contribution in [1.82, 2.24) is 5.32 Å². The number of rotatable bonds is 11. The van der Waals surface area contributed by atoms with Gasteiger partial charge >= 0.3 is 0 Å². The average Bonchev–Trinajstić information content (AvgIpc) is 3.37. The van der Waals surface area contributed by atoms with E-state index in [-0.39, 0.29) is 17.2 Å². The summed E-state index contributed by atoms with van der Waals surface area (Å²) in [5.41, 5.74) is 3.59. The summed E-state index contributed by atoms with van der Waals surface area (Å²) in [6.45, 7) is 0.703. The minimum Gasteiger partial charge on any atom is -0.497 e. The highest BCUT2D eigenvalue weighted by Crippen LogP contribution is 2.60. The zero-order valence-corrected chi connectivity index (χ0v) is 20.1. The lowest BCUT2D eigenvalue weighted by molar-refractivity contribution is -0.116. The second-order valence-electron chi connectivity index (χ2n) is 8.48. The maximum Gasteiger partial charge on any atom is 0.243 e. The van der Waals surface area contributed by atoms with Crippen LogP contribution in [0.5, 0.6) is 11.5 Å². The number of allylic oxidation sites excluding steroid dienone is 1. The van der Waals surface area contributed by atoms with Crippen molar-refractivity contribution in [3.8, 4) is 11.5 Å². The summed E-state index contributed by atoms with van der Waals surface area (Å²) < 4.78 is 10.9. The van der Waals surface area contributed by atoms with Crippen molar-refractivity contribution in [1.29, 1.82) is 0 Å². The topological polar surface area (TPSA) is 47.6 Å². The predicted molar refractivity (Wildman–Crippen MR) is 134 cm³/mol. The number of methoxy groups -OCH3 is 2. The third-order valence-corrected chi connectivity index (χ3v) is 7.17. The molecule has 1 fully saturated rings. The van der Waals surface area contributed by atoms with Crippen LogP contribution in [0.3, 0.4) is 0 Å². The van der Waals surface area contributed by atoms with Gasteiger partial charge in [0.05, 0.1) is 14.2 Å². The van der Waals surface area contributed by atoms with Gasteiger partial charge in [-0.05, 0) is 95.5 Å². The van der Waals surface area contributed by atoms with E-state index in [0.717, 1.165) is 37.2 Å². The van der Waals surface area contributed by atoms with Crippen LogP contribution in [0.25, 0.3) is 0 Å². The van der Waals surface area contributed by atoms with Crippen molar-refractivity contribution < 1.29 is 14.3 Å². The van der Waals surface area contributed by atoms with Crippen LogP contribution in [0, 0.1) is 5.92 Å². The van der Waals surface area contributed by atoms with Crippen molar-refractivity contribution in [3.63, 3.8) is 0 Å². The molecule has 1 amide bonds. The molecule has 0 radical (unpaired) electrons. The summed E-state index contributed by atoms with van der Waals surface area (Å²) in [4.78, 5) is 12.4. The molecule has 1 heterocycles. The summed E-state index contributed by atoms with van der Waals surface area (Å²) in [6, 6.07) is 18.6. The summed E-state index contributed by atoms with van der Waals surface area (Å²) in [5.74, 6) is 1.89. The number of carbonyl (C=O) groups excluding carboxylic acids is 1. The van der Waals surface area contributed by atoms with Crippen molar-refractivity contribution in [2.75, 3.05) is 20.8 Å². The number of ether oxygens (including phenoxy) is 2. The number of unbranched alkanes of at least 4 members (excludes halogenated alkanes) is 1. The predicted octanol–water partition coefficient (Wildman–Crippen LogP) is 5.77. The second kappa shape index (κ2) is 10.7. The van der Waals surface area contributed by atoms with E-state index in [1.165, 1.54) is 16.7 Å². The molecule has 4 rings (SSSR count). The zero-order chi connectivity index (χ0) is 23.1. The minimum absolute atomic E-state index is 0.0254. The summed E-state index contributed by atoms with van der Waals surface area (Å²) in [5, 5.41) is 7.32. The van der Waals surface area contributed by atoms with Crippen LogP contribution in [-0.2, 0) is 16.6 Å². The largest absolute Gasteiger partial charge is 0.497 e. The van der Waals surface area contributed by atoms with E-state index in [1.807, 2.05) is 24.3 Å². The SMILES string of the molecule is COc1cccc(C2(c3cccc(OC)c3)C[C@H]2C=CC(=O)NCCCCc2ccsc2)c1. The van der Waals surface area contributed by atoms with E-state index in [4.69, 9.17) is 9.47 Å². The van der Waals surface area contributed by atoms with Gasteiger partial charge < -0.3 is 14.8 Å². The third-order valence-electron chi connectivity index (χ3n) is 6.44. The molecule has 172 valence electrons. The maximum absolute atomic E-state index is 12.4. The number of benzene rings is 2. The summed E-state index contributed by atoms with van der Waals surface area (Å²) in [7, 11) is 3.37. The molecule has 0 spiro atoms. The smallest absolute Gasteiger partial charge is 0.243 e. The van der Waals surface area contributed by atoms with E-state index in [9.17, 15) is 4.79 Å². The number of carbonyl (C=O) groups is 1. The van der Waals surface area contributed by atoms with Gasteiger partial charge in [-0.1, -0.05) is 30.3 Å². The quantitative estimate of drug-likeness (QED) is 0.291. The molecular formula is C28H31NO3S. The molecule has 1 atom stereocenters. The van der Waals surface area contributed by atoms with Crippen LogP contribution in [0.2, 0.25) is 0 Å². The van der Waals surface area contributed by atoms with Crippen LogP contribution >= 0.6 is 11.3 Å². The molecule has 0 bridgehead atoms. The summed E-state index contributed by atoms with van der Waals surface area (Å²) in [6.07, 6.45) is 7.83. The molecule has 1 aliphatic rings. The van der Waals surface area contributed by atoms with Crippen LogP contribution in [0.4, 0.5) is 0 Å². The van der Waals surface area contributed by atoms with Gasteiger partial charge in [0.1, 0.15) is 11.5 Å². The Hall–Kier alpha value is -3.05. The molecule has 33 heavy (non-hydrogen) atoms. The Labute approximate surface area is 200 Å². The Morgan fingerprint density at radius 1 is 1.06 bits per heavy atom. The minimum atomic E-state index is -0.180. The monoisotopic (exact) mass is 461 g/mol. The highest BCUT2D eigenvalue weighted by atomic mass is 32.1. The standard InChI is InChI=1S/C28H31NO3S/c1-31-25-10-5-8-22(17-25)28(23-9-6-11-26(18-23)32-2)19-24(28)12-13-27(30)29-15-4-3-7-21-14-16-33-20-21/h5-6,8-14,16-18,20,24H,3-4,7,15,19H2,1-2H3,(H,29,30)/t24-/m1/s1. The van der Waals surface area contributed by atoms with Gasteiger partial charge in [-0.25, -0.2) is 0 Å². The molecule has 1 aromatic heterocycles. The molecule has 1 saturated carbocycles. The van der Waals surface area contributed by atoms with E-state index in [1.54, 1.807) is 31.6 Å². The third kappa shape index (κ3) is 5.48. The lowest BCUT2D eigenvalue weighted by atomic mass is 9.85. The number of amides is 1. The van der Waals surface area contributed by atoms with E-state index in [2.05, 4.69) is 52.5 Å². The lowest BCUT2D eigenvalue weighted by Crippen LogP contribution is -2.22. The molecule has 0 aliphatic heterocycles. The van der Waals surface area contributed by atoms with E-state index in [0.29, 0.717) is 6.54 Å². The van der Waals surface area contributed by atoms with Gasteiger partial charge in [-0.2, -0.15) is 11.3 Å². The van der Waals surface area contributed by atoms with Crippen LogP contribution in [-0.4, -0.2) is 26.7 Å². The first kappa shape index (κ1) is 23.1. The van der Waals surface area contributed by atoms with Crippen LogP contribution in [0.15, 0.2) is 77.5 Å². The molecular weight excluding hydrogens is 430 g/mol. The van der Waals surface area contributed by atoms with E-state index >= 15 is 0 Å². The Balaban J connectivity index is 1.40. The first-order chi connectivity index (χ1) is 16.2. The van der Waals surface area contributed by atoms with Crippen molar-refractivity contribution in [3.05, 3.63) is 94.2 Å². The molecule has 2 aromatic carbocycles. The number of hydrogen-bond acceptors (Lipinski definition) is 4. The van der Waals surface area contributed by atoms with Gasteiger partial charge in [0.15, 0.2) is 0 Å². The number of thiophene rings is 1. The Bertz CT molecular complexity index is 1040. The van der Waals surface area contributed by atoms with Gasteiger partial charge in [0, 0.05) is 12.0 Å². The molecule has 1 N–H and O–H groups in total. The first-order valence-corrected chi connectivity index (χ1v) is 12.4. The molecule has 1 aliphatic carbocycles. The number of hydrogen-bond donors (Lipinski definition) is 1. The van der Waals surface area contributed by atoms with Crippen molar-refractivity contribution in [2.24, 2.45) is 5.92 Å². The molecule has 0 unspecified atom stereocenters. The lowest BCUT2D eigenvalue weighted by Gasteiger charge is -2.20. The van der Waals surface area contributed by atoms with Gasteiger partial charge in [0.25, 0.3) is 0 Å². The Kier molecular flexibility index (Phi) is 7.50. The molecule has 5 heteroatoms. The first-order valence-electron chi connectivity index (χ1n) is 11.4. The van der Waals surface area contributed by atoms with Crippen LogP contribution in [0.1, 0.15) is 36.0 Å². The Morgan fingerprint density at radius 2 is 1.76 bits per heavy atom. The van der Waals surface area contributed by atoms with Crippen molar-refractivity contribution in [2.45, 2.75) is 31.1 Å². The van der Waals surface area contributed by atoms with Gasteiger partial charge in [-0.15, -0.1) is 0 Å². The molecule has 3 aromatic rings. The fourth-order valence-corrected chi connectivity index (χ4v) is 5.22. The molecule has 0 saturated heterocycles. The Morgan fingerprint density at radius 3 is 2.36 bits per heavy atom. The highest BCUT2D eigenvalue weighted by Gasteiger charge is 2.55. The van der Waals surface area contributed by atoms with Crippen molar-refractivity contribution >= 4 is 17.2 Å². The van der Waals surface area contributed by atoms with E-state index < -0.39 is 0 Å². The number of nitrogens with one attached hydrogen (secondary N) is 1. The average molecular weight is 462 g/mol. The summed E-state index contributed by atoms with van der Waals surface area (Å²) >= 11 is 1.73. The van der Waals surface area contributed by atoms with Crippen LogP contribution < -0.4 is 14.8 Å². The highest BCUT2D eigenvalue weighted by molar-refractivity contribution is 7.07. The fourth-order valence-electron chi connectivity index (χ4n) is 4.51. The number of aryl methyl sites for hydroxylation is 1. The fraction of sp³-hybridized carbons (Fsp3) is 0.321.